The molecule has 0 radical (unpaired) electrons. The fraction of sp³-hybridized carbons (Fsp3) is 0.733. The van der Waals surface area contributed by atoms with Crippen LogP contribution < -0.4 is 0 Å². The Morgan fingerprint density at radius 3 is 2.78 bits per heavy atom. The van der Waals surface area contributed by atoms with Crippen LogP contribution in [-0.4, -0.2) is 18.4 Å². The molecule has 2 aliphatic rings. The normalized spacial score (nSPS) is 39.3. The number of allylic oxidation sites excluding steroid dienone is 2. The SMILES string of the molecule is CCOC(=O)[C@@H]1[C@H]2C(=O)C[C@@H](C)C[C@@H]2C=C[C@@H]1C. The molecule has 2 rings (SSSR count). The highest BCUT2D eigenvalue weighted by molar-refractivity contribution is 5.88. The molecule has 3 heteroatoms. The van der Waals surface area contributed by atoms with E-state index in [1.165, 1.54) is 0 Å². The maximum absolute atomic E-state index is 12.3. The number of ether oxygens (including phenoxy) is 1. The van der Waals surface area contributed by atoms with Crippen molar-refractivity contribution in [2.75, 3.05) is 6.61 Å². The van der Waals surface area contributed by atoms with Gasteiger partial charge in [-0.3, -0.25) is 9.59 Å². The lowest BCUT2D eigenvalue weighted by molar-refractivity contribution is -0.156. The van der Waals surface area contributed by atoms with Gasteiger partial charge in [-0.2, -0.15) is 0 Å². The molecule has 1 saturated carbocycles. The molecule has 0 aromatic rings. The van der Waals surface area contributed by atoms with Crippen LogP contribution in [0.25, 0.3) is 0 Å². The third-order valence-corrected chi connectivity index (χ3v) is 4.23. The van der Waals surface area contributed by atoms with Crippen molar-refractivity contribution in [1.82, 2.24) is 0 Å². The Labute approximate surface area is 109 Å². The van der Waals surface area contributed by atoms with E-state index in [1.807, 2.05) is 13.8 Å². The van der Waals surface area contributed by atoms with E-state index in [1.54, 1.807) is 0 Å². The second-order valence-electron chi connectivity index (χ2n) is 5.72. The van der Waals surface area contributed by atoms with Crippen LogP contribution in [0.5, 0.6) is 0 Å². The molecule has 5 atom stereocenters. The lowest BCUT2D eigenvalue weighted by atomic mass is 9.62. The Kier molecular flexibility index (Phi) is 3.88. The number of hydrogen-bond acceptors (Lipinski definition) is 3. The van der Waals surface area contributed by atoms with Crippen LogP contribution in [0.15, 0.2) is 12.2 Å². The number of hydrogen-bond donors (Lipinski definition) is 0. The zero-order valence-electron chi connectivity index (χ0n) is 11.4. The first-order valence-electron chi connectivity index (χ1n) is 6.92. The first-order valence-corrected chi connectivity index (χ1v) is 6.92. The monoisotopic (exact) mass is 250 g/mol. The third-order valence-electron chi connectivity index (χ3n) is 4.23. The van der Waals surface area contributed by atoms with Gasteiger partial charge >= 0.3 is 5.97 Å². The molecule has 0 amide bonds. The topological polar surface area (TPSA) is 43.4 Å². The molecular weight excluding hydrogens is 228 g/mol. The molecule has 0 unspecified atom stereocenters. The van der Waals surface area contributed by atoms with Gasteiger partial charge in [0.2, 0.25) is 0 Å². The lowest BCUT2D eigenvalue weighted by Gasteiger charge is -2.40. The summed E-state index contributed by atoms with van der Waals surface area (Å²) < 4.78 is 5.15. The molecule has 0 bridgehead atoms. The molecule has 3 nitrogen and oxygen atoms in total. The highest BCUT2D eigenvalue weighted by atomic mass is 16.5. The van der Waals surface area contributed by atoms with Crippen molar-refractivity contribution in [3.8, 4) is 0 Å². The van der Waals surface area contributed by atoms with Crippen molar-refractivity contribution < 1.29 is 14.3 Å². The summed E-state index contributed by atoms with van der Waals surface area (Å²) in [6.07, 6.45) is 5.83. The Morgan fingerprint density at radius 1 is 1.39 bits per heavy atom. The van der Waals surface area contributed by atoms with E-state index in [0.717, 1.165) is 6.42 Å². The number of carbonyl (C=O) groups is 2. The van der Waals surface area contributed by atoms with Crippen LogP contribution in [0.2, 0.25) is 0 Å². The first kappa shape index (κ1) is 13.3. The molecule has 0 aromatic carbocycles. The largest absolute Gasteiger partial charge is 0.466 e. The number of carbonyl (C=O) groups excluding carboxylic acids is 2. The van der Waals surface area contributed by atoms with Gasteiger partial charge in [-0.25, -0.2) is 0 Å². The van der Waals surface area contributed by atoms with E-state index in [-0.39, 0.29) is 35.4 Å². The zero-order chi connectivity index (χ0) is 13.3. The van der Waals surface area contributed by atoms with Gasteiger partial charge in [0.15, 0.2) is 0 Å². The van der Waals surface area contributed by atoms with Crippen molar-refractivity contribution in [3.05, 3.63) is 12.2 Å². The summed E-state index contributed by atoms with van der Waals surface area (Å²) in [4.78, 5) is 24.3. The fourth-order valence-corrected chi connectivity index (χ4v) is 3.44. The van der Waals surface area contributed by atoms with E-state index < -0.39 is 0 Å². The van der Waals surface area contributed by atoms with Crippen LogP contribution in [0.3, 0.4) is 0 Å². The number of rotatable bonds is 2. The predicted octanol–water partition coefficient (Wildman–Crippen LogP) is 2.60. The summed E-state index contributed by atoms with van der Waals surface area (Å²) in [6, 6.07) is 0. The summed E-state index contributed by atoms with van der Waals surface area (Å²) in [7, 11) is 0. The van der Waals surface area contributed by atoms with Crippen LogP contribution in [0.4, 0.5) is 0 Å². The van der Waals surface area contributed by atoms with Crippen molar-refractivity contribution >= 4 is 11.8 Å². The molecule has 0 heterocycles. The van der Waals surface area contributed by atoms with Gasteiger partial charge in [0, 0.05) is 12.3 Å². The third kappa shape index (κ3) is 2.36. The van der Waals surface area contributed by atoms with Crippen molar-refractivity contribution in [3.63, 3.8) is 0 Å². The van der Waals surface area contributed by atoms with E-state index in [9.17, 15) is 9.59 Å². The van der Waals surface area contributed by atoms with Crippen molar-refractivity contribution in [2.24, 2.45) is 29.6 Å². The van der Waals surface area contributed by atoms with Gasteiger partial charge in [0.25, 0.3) is 0 Å². The minimum atomic E-state index is -0.278. The molecule has 2 aliphatic carbocycles. The summed E-state index contributed by atoms with van der Waals surface area (Å²) in [5, 5.41) is 0. The zero-order valence-corrected chi connectivity index (χ0v) is 11.4. The molecule has 100 valence electrons. The Balaban J connectivity index is 2.25. The Hall–Kier alpha value is -1.12. The smallest absolute Gasteiger partial charge is 0.310 e. The second-order valence-corrected chi connectivity index (χ2v) is 5.72. The van der Waals surface area contributed by atoms with Crippen LogP contribution in [0.1, 0.15) is 33.6 Å². The molecule has 0 N–H and O–H groups in total. The summed E-state index contributed by atoms with van der Waals surface area (Å²) in [5.74, 6) is 0.370. The standard InChI is InChI=1S/C15H22O3/c1-4-18-15(17)13-10(3)5-6-11-7-9(2)8-12(16)14(11)13/h5-6,9-11,13-14H,4,7-8H2,1-3H3/t9-,10-,11-,13-,14+/m0/s1. The highest BCUT2D eigenvalue weighted by Gasteiger charge is 2.46. The van der Waals surface area contributed by atoms with Crippen LogP contribution >= 0.6 is 0 Å². The van der Waals surface area contributed by atoms with Gasteiger partial charge < -0.3 is 4.74 Å². The maximum Gasteiger partial charge on any atom is 0.310 e. The van der Waals surface area contributed by atoms with Crippen molar-refractivity contribution in [2.45, 2.75) is 33.6 Å². The van der Waals surface area contributed by atoms with Gasteiger partial charge in [0.05, 0.1) is 12.5 Å². The molecule has 0 spiro atoms. The average molecular weight is 250 g/mol. The van der Waals surface area contributed by atoms with Gasteiger partial charge in [-0.15, -0.1) is 0 Å². The number of fused-ring (bicyclic) bond motifs is 1. The van der Waals surface area contributed by atoms with Crippen molar-refractivity contribution in [1.29, 1.82) is 0 Å². The summed E-state index contributed by atoms with van der Waals surface area (Å²) in [5.41, 5.74) is 0. The quantitative estimate of drug-likeness (QED) is 0.559. The van der Waals surface area contributed by atoms with E-state index in [4.69, 9.17) is 4.74 Å². The maximum atomic E-state index is 12.3. The second kappa shape index (κ2) is 5.25. The highest BCUT2D eigenvalue weighted by Crippen LogP contribution is 2.43. The average Bonchev–Trinajstić information content (AvgIpc) is 2.29. The van der Waals surface area contributed by atoms with Gasteiger partial charge in [0.1, 0.15) is 5.78 Å². The van der Waals surface area contributed by atoms with E-state index in [2.05, 4.69) is 19.1 Å². The predicted molar refractivity (Wildman–Crippen MR) is 68.8 cm³/mol. The Morgan fingerprint density at radius 2 is 2.11 bits per heavy atom. The lowest BCUT2D eigenvalue weighted by Crippen LogP contribution is -2.44. The minimum Gasteiger partial charge on any atom is -0.466 e. The fourth-order valence-electron chi connectivity index (χ4n) is 3.44. The molecular formula is C15H22O3. The minimum absolute atomic E-state index is 0.0997. The van der Waals surface area contributed by atoms with Gasteiger partial charge in [-0.05, 0) is 31.1 Å². The number of ketones is 1. The molecule has 18 heavy (non-hydrogen) atoms. The Bertz CT molecular complexity index is 364. The molecule has 0 saturated heterocycles. The summed E-state index contributed by atoms with van der Waals surface area (Å²) in [6.45, 7) is 6.30. The molecule has 0 aliphatic heterocycles. The van der Waals surface area contributed by atoms with E-state index in [0.29, 0.717) is 18.9 Å². The summed E-state index contributed by atoms with van der Waals surface area (Å²) >= 11 is 0. The van der Waals surface area contributed by atoms with Crippen LogP contribution in [0, 0.1) is 29.6 Å². The number of Topliss-reactive ketones (excluding diaryl/α,β-unsaturated/α-hetero) is 1. The molecule has 1 fully saturated rings. The molecule has 0 aromatic heterocycles. The first-order chi connectivity index (χ1) is 8.54. The van der Waals surface area contributed by atoms with E-state index >= 15 is 0 Å². The number of esters is 1. The van der Waals surface area contributed by atoms with Crippen LogP contribution in [-0.2, 0) is 14.3 Å². The van der Waals surface area contributed by atoms with Gasteiger partial charge in [-0.1, -0.05) is 26.0 Å².